The molecule has 0 radical (unpaired) electrons. The Morgan fingerprint density at radius 2 is 1.97 bits per heavy atom. The highest BCUT2D eigenvalue weighted by molar-refractivity contribution is 6.31. The number of carboxylic acids is 1. The van der Waals surface area contributed by atoms with Gasteiger partial charge in [-0.1, -0.05) is 49.2 Å². The third-order valence-corrected chi connectivity index (χ3v) is 6.94. The first-order valence-electron chi connectivity index (χ1n) is 11.5. The molecule has 170 valence electrons. The van der Waals surface area contributed by atoms with Gasteiger partial charge in [-0.3, -0.25) is 9.69 Å². The molecule has 4 rings (SSSR count). The van der Waals surface area contributed by atoms with Gasteiger partial charge >= 0.3 is 5.97 Å². The van der Waals surface area contributed by atoms with Crippen LogP contribution in [-0.2, 0) is 24.2 Å². The smallest absolute Gasteiger partial charge is 0.309 e. The number of aliphatic carboxylic acids is 1. The number of allylic oxidation sites excluding steroid dienone is 1. The number of nitrogens with zero attached hydrogens (tertiary/aromatic N) is 1. The molecule has 4 nitrogen and oxygen atoms in total. The largest absolute Gasteiger partial charge is 0.489 e. The number of halogens is 1. The van der Waals surface area contributed by atoms with Crippen LogP contribution in [0.25, 0.3) is 5.57 Å². The Morgan fingerprint density at radius 1 is 1.19 bits per heavy atom. The van der Waals surface area contributed by atoms with Crippen molar-refractivity contribution in [2.45, 2.75) is 46.6 Å². The minimum absolute atomic E-state index is 0.202. The zero-order chi connectivity index (χ0) is 22.8. The van der Waals surface area contributed by atoms with Gasteiger partial charge in [0.25, 0.3) is 0 Å². The van der Waals surface area contributed by atoms with E-state index in [4.69, 9.17) is 21.4 Å². The summed E-state index contributed by atoms with van der Waals surface area (Å²) in [6, 6.07) is 12.6. The molecule has 32 heavy (non-hydrogen) atoms. The molecule has 0 saturated carbocycles. The van der Waals surface area contributed by atoms with Crippen LogP contribution < -0.4 is 4.74 Å². The molecule has 2 aliphatic rings. The van der Waals surface area contributed by atoms with E-state index in [1.807, 2.05) is 6.07 Å². The summed E-state index contributed by atoms with van der Waals surface area (Å²) in [5.41, 5.74) is 7.60. The fourth-order valence-electron chi connectivity index (χ4n) is 4.69. The predicted octanol–water partition coefficient (Wildman–Crippen LogP) is 5.85. The van der Waals surface area contributed by atoms with Crippen molar-refractivity contribution < 1.29 is 14.6 Å². The van der Waals surface area contributed by atoms with Gasteiger partial charge in [0.15, 0.2) is 0 Å². The summed E-state index contributed by atoms with van der Waals surface area (Å²) in [4.78, 5) is 13.3. The number of hydrogen-bond acceptors (Lipinski definition) is 3. The summed E-state index contributed by atoms with van der Waals surface area (Å²) >= 11 is 6.49. The molecular formula is C27H32ClNO3. The van der Waals surface area contributed by atoms with Crippen molar-refractivity contribution in [3.05, 3.63) is 69.2 Å². The first-order valence-corrected chi connectivity index (χ1v) is 11.8. The van der Waals surface area contributed by atoms with E-state index in [2.05, 4.69) is 56.0 Å². The van der Waals surface area contributed by atoms with Gasteiger partial charge in [0.1, 0.15) is 12.4 Å². The van der Waals surface area contributed by atoms with Crippen molar-refractivity contribution in [2.24, 2.45) is 11.8 Å². The standard InChI is InChI=1S/C27H32ClNO3/c1-17(2)10-19-4-5-22(26(28)11-19)16-32-24-8-9-25-18(3)21(7-6-20(25)12-24)13-29-14-23(15-29)27(30)31/h4-5,8-9,11-12,17,23H,6-7,10,13-16H2,1-3H3,(H,30,31). The molecule has 1 saturated heterocycles. The molecule has 2 aromatic rings. The highest BCUT2D eigenvalue weighted by atomic mass is 35.5. The minimum atomic E-state index is -0.679. The lowest BCUT2D eigenvalue weighted by Crippen LogP contribution is -2.50. The number of carboxylic acid groups (broad SMARTS) is 1. The molecule has 0 spiro atoms. The molecule has 0 unspecified atom stereocenters. The molecular weight excluding hydrogens is 422 g/mol. The molecule has 1 aliphatic heterocycles. The van der Waals surface area contributed by atoms with Gasteiger partial charge in [-0.15, -0.1) is 0 Å². The normalized spacial score (nSPS) is 16.8. The predicted molar refractivity (Wildman–Crippen MR) is 129 cm³/mol. The Labute approximate surface area is 195 Å². The number of rotatable bonds is 8. The summed E-state index contributed by atoms with van der Waals surface area (Å²) in [6.07, 6.45) is 3.03. The van der Waals surface area contributed by atoms with E-state index < -0.39 is 5.97 Å². The van der Waals surface area contributed by atoms with E-state index in [9.17, 15) is 4.79 Å². The Hall–Kier alpha value is -2.30. The number of likely N-dealkylation sites (tertiary alicyclic amines) is 1. The number of aryl methyl sites for hydroxylation is 1. The molecule has 0 amide bonds. The molecule has 1 N–H and O–H groups in total. The first-order chi connectivity index (χ1) is 15.3. The molecule has 0 atom stereocenters. The van der Waals surface area contributed by atoms with Crippen molar-refractivity contribution >= 4 is 23.1 Å². The topological polar surface area (TPSA) is 49.8 Å². The quantitative estimate of drug-likeness (QED) is 0.544. The fraction of sp³-hybridized carbons (Fsp3) is 0.444. The second-order valence-corrected chi connectivity index (χ2v) is 10.00. The second kappa shape index (κ2) is 9.68. The van der Waals surface area contributed by atoms with Crippen molar-refractivity contribution in [1.82, 2.24) is 4.90 Å². The maximum Gasteiger partial charge on any atom is 0.309 e. The van der Waals surface area contributed by atoms with Crippen LogP contribution in [0.4, 0.5) is 0 Å². The summed E-state index contributed by atoms with van der Waals surface area (Å²) in [5.74, 6) is 0.594. The summed E-state index contributed by atoms with van der Waals surface area (Å²) in [5, 5.41) is 9.85. The Kier molecular flexibility index (Phi) is 6.92. The molecule has 0 aromatic heterocycles. The zero-order valence-electron chi connectivity index (χ0n) is 19.2. The third-order valence-electron chi connectivity index (χ3n) is 6.58. The number of ether oxygens (including phenoxy) is 1. The van der Waals surface area contributed by atoms with Crippen LogP contribution in [0.15, 0.2) is 42.0 Å². The van der Waals surface area contributed by atoms with Gasteiger partial charge < -0.3 is 9.84 Å². The van der Waals surface area contributed by atoms with Crippen LogP contribution in [-0.4, -0.2) is 35.6 Å². The summed E-state index contributed by atoms with van der Waals surface area (Å²) in [6.45, 7) is 9.25. The fourth-order valence-corrected chi connectivity index (χ4v) is 4.94. The highest BCUT2D eigenvalue weighted by Crippen LogP contribution is 2.35. The SMILES string of the molecule is CC1=C(CN2CC(C(=O)O)C2)CCc2cc(OCc3ccc(CC(C)C)cc3Cl)ccc21. The van der Waals surface area contributed by atoms with Crippen LogP contribution in [0.5, 0.6) is 5.75 Å². The van der Waals surface area contributed by atoms with Gasteiger partial charge in [-0.25, -0.2) is 0 Å². The third kappa shape index (κ3) is 5.19. The van der Waals surface area contributed by atoms with E-state index in [0.717, 1.165) is 42.1 Å². The van der Waals surface area contributed by atoms with Gasteiger partial charge in [0, 0.05) is 30.2 Å². The maximum absolute atomic E-state index is 11.0. The average molecular weight is 454 g/mol. The lowest BCUT2D eigenvalue weighted by Gasteiger charge is -2.38. The number of benzene rings is 2. The van der Waals surface area contributed by atoms with Gasteiger partial charge in [0.05, 0.1) is 5.92 Å². The van der Waals surface area contributed by atoms with E-state index in [-0.39, 0.29) is 5.92 Å². The van der Waals surface area contributed by atoms with E-state index in [1.54, 1.807) is 0 Å². The summed E-state index contributed by atoms with van der Waals surface area (Å²) < 4.78 is 6.08. The molecule has 1 aliphatic carbocycles. The van der Waals surface area contributed by atoms with Gasteiger partial charge in [-0.05, 0) is 72.6 Å². The van der Waals surface area contributed by atoms with Gasteiger partial charge in [-0.2, -0.15) is 0 Å². The van der Waals surface area contributed by atoms with Crippen molar-refractivity contribution in [3.63, 3.8) is 0 Å². The van der Waals surface area contributed by atoms with E-state index >= 15 is 0 Å². The summed E-state index contributed by atoms with van der Waals surface area (Å²) in [7, 11) is 0. The van der Waals surface area contributed by atoms with Crippen molar-refractivity contribution in [3.8, 4) is 5.75 Å². The van der Waals surface area contributed by atoms with Crippen LogP contribution in [0, 0.1) is 11.8 Å². The zero-order valence-corrected chi connectivity index (χ0v) is 19.9. The Morgan fingerprint density at radius 3 is 2.66 bits per heavy atom. The van der Waals surface area contributed by atoms with E-state index in [1.165, 1.54) is 27.8 Å². The Bertz CT molecular complexity index is 1040. The second-order valence-electron chi connectivity index (χ2n) is 9.59. The minimum Gasteiger partial charge on any atom is -0.489 e. The molecule has 2 aromatic carbocycles. The lowest BCUT2D eigenvalue weighted by molar-refractivity contribution is -0.147. The van der Waals surface area contributed by atoms with Gasteiger partial charge in [0.2, 0.25) is 0 Å². The Balaban J connectivity index is 1.39. The highest BCUT2D eigenvalue weighted by Gasteiger charge is 2.33. The number of hydrogen-bond donors (Lipinski definition) is 1. The van der Waals surface area contributed by atoms with Crippen LogP contribution in [0.3, 0.4) is 0 Å². The lowest BCUT2D eigenvalue weighted by atomic mass is 9.85. The van der Waals surface area contributed by atoms with Crippen molar-refractivity contribution in [1.29, 1.82) is 0 Å². The molecule has 1 fully saturated rings. The number of carbonyl (C=O) groups is 1. The molecule has 1 heterocycles. The van der Waals surface area contributed by atoms with Crippen molar-refractivity contribution in [2.75, 3.05) is 19.6 Å². The molecule has 5 heteroatoms. The number of fused-ring (bicyclic) bond motifs is 1. The monoisotopic (exact) mass is 453 g/mol. The van der Waals surface area contributed by atoms with Crippen LogP contribution >= 0.6 is 11.6 Å². The van der Waals surface area contributed by atoms with Crippen LogP contribution in [0.2, 0.25) is 5.02 Å². The first kappa shape index (κ1) is 22.9. The molecule has 0 bridgehead atoms. The maximum atomic E-state index is 11.0. The van der Waals surface area contributed by atoms with Crippen LogP contribution in [0.1, 0.15) is 49.4 Å². The average Bonchev–Trinajstić information content (AvgIpc) is 2.70. The van der Waals surface area contributed by atoms with E-state index in [0.29, 0.717) is 25.6 Å².